The molecule has 0 aromatic heterocycles. The third kappa shape index (κ3) is 2.74. The lowest BCUT2D eigenvalue weighted by Crippen LogP contribution is -2.19. The van der Waals surface area contributed by atoms with E-state index in [2.05, 4.69) is 42.6 Å². The fraction of sp³-hybridized carbons (Fsp3) is 0.250. The number of halogens is 1. The zero-order chi connectivity index (χ0) is 13.0. The van der Waals surface area contributed by atoms with Gasteiger partial charge in [0.25, 0.3) is 0 Å². The lowest BCUT2D eigenvalue weighted by molar-refractivity contribution is 0.684. The Bertz CT molecular complexity index is 522. The summed E-state index contributed by atoms with van der Waals surface area (Å²) in [6.07, 6.45) is 1.04. The molecule has 0 amide bonds. The van der Waals surface area contributed by atoms with Gasteiger partial charge in [-0.25, -0.2) is 0 Å². The van der Waals surface area contributed by atoms with E-state index in [0.717, 1.165) is 11.4 Å². The molecule has 0 aliphatic carbocycles. The molecule has 0 radical (unpaired) electrons. The van der Waals surface area contributed by atoms with Crippen molar-refractivity contribution in [1.82, 2.24) is 5.32 Å². The smallest absolute Gasteiger partial charge is 0.0577 e. The van der Waals surface area contributed by atoms with Gasteiger partial charge in [-0.05, 0) is 42.3 Å². The Hall–Kier alpha value is -1.31. The Morgan fingerprint density at radius 2 is 1.89 bits per heavy atom. The zero-order valence-corrected chi connectivity index (χ0v) is 11.5. The fourth-order valence-corrected chi connectivity index (χ4v) is 2.52. The molecular formula is C16H18ClN. The van der Waals surface area contributed by atoms with Crippen LogP contribution in [0, 0.1) is 0 Å². The molecule has 0 fully saturated rings. The molecule has 0 saturated heterocycles. The number of rotatable bonds is 4. The monoisotopic (exact) mass is 259 g/mol. The molecule has 0 bridgehead atoms. The van der Waals surface area contributed by atoms with Crippen LogP contribution in [0.4, 0.5) is 0 Å². The van der Waals surface area contributed by atoms with Crippen molar-refractivity contribution in [3.8, 4) is 0 Å². The second-order valence-electron chi connectivity index (χ2n) is 4.33. The van der Waals surface area contributed by atoms with Crippen LogP contribution in [-0.2, 0) is 6.42 Å². The quantitative estimate of drug-likeness (QED) is 0.867. The van der Waals surface area contributed by atoms with E-state index in [1.54, 1.807) is 0 Å². The Morgan fingerprint density at radius 3 is 2.56 bits per heavy atom. The van der Waals surface area contributed by atoms with Crippen molar-refractivity contribution in [2.24, 2.45) is 0 Å². The number of hydrogen-bond donors (Lipinski definition) is 1. The van der Waals surface area contributed by atoms with E-state index >= 15 is 0 Å². The third-order valence-corrected chi connectivity index (χ3v) is 3.45. The van der Waals surface area contributed by atoms with Gasteiger partial charge in [-0.15, -0.1) is 0 Å². The Kier molecular flexibility index (Phi) is 4.40. The standard InChI is InChI=1S/C16H18ClN/c1-3-12-7-4-5-10-15(12)16(18-2)13-8-6-9-14(17)11-13/h4-11,16,18H,3H2,1-2H3. The predicted molar refractivity (Wildman–Crippen MR) is 78.2 cm³/mol. The Labute approximate surface area is 114 Å². The maximum absolute atomic E-state index is 6.08. The van der Waals surface area contributed by atoms with Crippen LogP contribution in [0.15, 0.2) is 48.5 Å². The lowest BCUT2D eigenvalue weighted by Gasteiger charge is -2.20. The summed E-state index contributed by atoms with van der Waals surface area (Å²) in [6.45, 7) is 2.18. The summed E-state index contributed by atoms with van der Waals surface area (Å²) >= 11 is 6.08. The van der Waals surface area contributed by atoms with Crippen LogP contribution >= 0.6 is 11.6 Å². The summed E-state index contributed by atoms with van der Waals surface area (Å²) in [5.74, 6) is 0. The van der Waals surface area contributed by atoms with Crippen LogP contribution in [0.1, 0.15) is 29.7 Å². The van der Waals surface area contributed by atoms with E-state index in [9.17, 15) is 0 Å². The van der Waals surface area contributed by atoms with Gasteiger partial charge in [-0.3, -0.25) is 0 Å². The maximum Gasteiger partial charge on any atom is 0.0577 e. The molecule has 2 aromatic carbocycles. The van der Waals surface area contributed by atoms with Gasteiger partial charge in [-0.2, -0.15) is 0 Å². The van der Waals surface area contributed by atoms with E-state index < -0.39 is 0 Å². The van der Waals surface area contributed by atoms with Crippen molar-refractivity contribution in [2.45, 2.75) is 19.4 Å². The molecule has 2 heteroatoms. The molecule has 0 spiro atoms. The second-order valence-corrected chi connectivity index (χ2v) is 4.77. The summed E-state index contributed by atoms with van der Waals surface area (Å²) in [7, 11) is 1.98. The highest BCUT2D eigenvalue weighted by Gasteiger charge is 2.14. The highest BCUT2D eigenvalue weighted by atomic mass is 35.5. The van der Waals surface area contributed by atoms with E-state index in [1.807, 2.05) is 25.2 Å². The van der Waals surface area contributed by atoms with Gasteiger partial charge in [-0.1, -0.05) is 54.9 Å². The van der Waals surface area contributed by atoms with Crippen molar-refractivity contribution < 1.29 is 0 Å². The van der Waals surface area contributed by atoms with Crippen LogP contribution in [0.3, 0.4) is 0 Å². The fourth-order valence-electron chi connectivity index (χ4n) is 2.33. The molecule has 1 unspecified atom stereocenters. The summed E-state index contributed by atoms with van der Waals surface area (Å²) in [5, 5.41) is 4.16. The average Bonchev–Trinajstić information content (AvgIpc) is 2.40. The predicted octanol–water partition coefficient (Wildman–Crippen LogP) is 4.21. The molecule has 1 N–H and O–H groups in total. The zero-order valence-electron chi connectivity index (χ0n) is 10.8. The molecule has 2 aromatic rings. The largest absolute Gasteiger partial charge is 0.309 e. The minimum absolute atomic E-state index is 0.194. The topological polar surface area (TPSA) is 12.0 Å². The van der Waals surface area contributed by atoms with E-state index in [-0.39, 0.29) is 6.04 Å². The summed E-state index contributed by atoms with van der Waals surface area (Å²) in [4.78, 5) is 0. The number of nitrogens with one attached hydrogen (secondary N) is 1. The van der Waals surface area contributed by atoms with Crippen molar-refractivity contribution in [1.29, 1.82) is 0 Å². The van der Waals surface area contributed by atoms with Crippen LogP contribution < -0.4 is 5.32 Å². The van der Waals surface area contributed by atoms with Gasteiger partial charge in [0.1, 0.15) is 0 Å². The summed E-state index contributed by atoms with van der Waals surface area (Å²) < 4.78 is 0. The molecule has 18 heavy (non-hydrogen) atoms. The first kappa shape index (κ1) is 13.1. The van der Waals surface area contributed by atoms with Gasteiger partial charge in [0.2, 0.25) is 0 Å². The molecule has 1 nitrogen and oxygen atoms in total. The van der Waals surface area contributed by atoms with Gasteiger partial charge in [0.15, 0.2) is 0 Å². The van der Waals surface area contributed by atoms with E-state index in [1.165, 1.54) is 16.7 Å². The van der Waals surface area contributed by atoms with Gasteiger partial charge in [0, 0.05) is 5.02 Å². The SMILES string of the molecule is CCc1ccccc1C(NC)c1cccc(Cl)c1. The molecule has 94 valence electrons. The van der Waals surface area contributed by atoms with Crippen LogP contribution in [0.25, 0.3) is 0 Å². The Morgan fingerprint density at radius 1 is 1.11 bits per heavy atom. The van der Waals surface area contributed by atoms with Crippen molar-refractivity contribution >= 4 is 11.6 Å². The lowest BCUT2D eigenvalue weighted by atomic mass is 9.93. The van der Waals surface area contributed by atoms with Crippen LogP contribution in [0.2, 0.25) is 5.02 Å². The van der Waals surface area contributed by atoms with Crippen molar-refractivity contribution in [2.75, 3.05) is 7.05 Å². The first-order valence-corrected chi connectivity index (χ1v) is 6.64. The number of aryl methyl sites for hydroxylation is 1. The van der Waals surface area contributed by atoms with Gasteiger partial charge < -0.3 is 5.32 Å². The minimum atomic E-state index is 0.194. The van der Waals surface area contributed by atoms with Crippen molar-refractivity contribution in [3.05, 3.63) is 70.2 Å². The van der Waals surface area contributed by atoms with Crippen LogP contribution in [-0.4, -0.2) is 7.05 Å². The van der Waals surface area contributed by atoms with Crippen LogP contribution in [0.5, 0.6) is 0 Å². The van der Waals surface area contributed by atoms with E-state index in [0.29, 0.717) is 0 Å². The van der Waals surface area contributed by atoms with Crippen molar-refractivity contribution in [3.63, 3.8) is 0 Å². The first-order chi connectivity index (χ1) is 8.76. The second kappa shape index (κ2) is 6.03. The average molecular weight is 260 g/mol. The number of hydrogen-bond acceptors (Lipinski definition) is 1. The molecule has 0 aliphatic heterocycles. The Balaban J connectivity index is 2.45. The maximum atomic E-state index is 6.08. The number of benzene rings is 2. The molecule has 2 rings (SSSR count). The highest BCUT2D eigenvalue weighted by molar-refractivity contribution is 6.30. The highest BCUT2D eigenvalue weighted by Crippen LogP contribution is 2.26. The van der Waals surface area contributed by atoms with E-state index in [4.69, 9.17) is 11.6 Å². The molecule has 0 saturated carbocycles. The van der Waals surface area contributed by atoms with Gasteiger partial charge >= 0.3 is 0 Å². The summed E-state index contributed by atoms with van der Waals surface area (Å²) in [5.41, 5.74) is 3.90. The summed E-state index contributed by atoms with van der Waals surface area (Å²) in [6, 6.07) is 16.8. The molecule has 0 heterocycles. The third-order valence-electron chi connectivity index (χ3n) is 3.22. The molecule has 0 aliphatic rings. The normalized spacial score (nSPS) is 12.4. The minimum Gasteiger partial charge on any atom is -0.309 e. The van der Waals surface area contributed by atoms with Gasteiger partial charge in [0.05, 0.1) is 6.04 Å². The first-order valence-electron chi connectivity index (χ1n) is 6.26. The molecular weight excluding hydrogens is 242 g/mol. The molecule has 1 atom stereocenters.